The largest absolute Gasteiger partial charge is 0.390 e. The summed E-state index contributed by atoms with van der Waals surface area (Å²) >= 11 is 0. The van der Waals surface area contributed by atoms with Gasteiger partial charge in [-0.1, -0.05) is 0 Å². The number of fused-ring (bicyclic) bond motifs is 1. The van der Waals surface area contributed by atoms with E-state index in [4.69, 9.17) is 5.73 Å². The lowest BCUT2D eigenvalue weighted by Crippen LogP contribution is -2.89. The number of aliphatic hydroxyl groups excluding tert-OH is 3. The second-order valence-corrected chi connectivity index (χ2v) is 4.77. The summed E-state index contributed by atoms with van der Waals surface area (Å²) in [4.78, 5) is 11.0. The Hall–Kier alpha value is -1.74. The number of quaternary nitrogens is 1. The highest BCUT2D eigenvalue weighted by Crippen LogP contribution is 2.28. The Morgan fingerprint density at radius 1 is 1.32 bits per heavy atom. The Morgan fingerprint density at radius 2 is 2.11 bits per heavy atom. The monoisotopic (exact) mass is 266 g/mol. The molecule has 8 heteroatoms. The zero-order valence-electron chi connectivity index (χ0n) is 10.1. The number of nitrogen functional groups attached to an aromatic ring is 1. The Kier molecular flexibility index (Phi) is 2.86. The molecule has 8 N–H and O–H groups in total. The molecule has 2 aromatic rings. The lowest BCUT2D eigenvalue weighted by atomic mass is 10.0. The molecule has 0 aliphatic carbocycles. The summed E-state index contributed by atoms with van der Waals surface area (Å²) in [6.45, 7) is -0.200. The second-order valence-electron chi connectivity index (χ2n) is 4.77. The van der Waals surface area contributed by atoms with Crippen LogP contribution in [0.4, 0.5) is 5.82 Å². The number of nitrogens with two attached hydrogens (primary N) is 2. The number of nitrogens with one attached hydrogen (secondary N) is 1. The number of rotatable bonds is 2. The van der Waals surface area contributed by atoms with Gasteiger partial charge in [0.1, 0.15) is 41.7 Å². The maximum absolute atomic E-state index is 10.1. The molecule has 1 fully saturated rings. The van der Waals surface area contributed by atoms with E-state index in [-0.39, 0.29) is 6.61 Å². The lowest BCUT2D eigenvalue weighted by molar-refractivity contribution is -0.713. The summed E-state index contributed by atoms with van der Waals surface area (Å²) in [5, 5.41) is 30.8. The molecule has 1 aliphatic rings. The highest BCUT2D eigenvalue weighted by Gasteiger charge is 2.46. The first kappa shape index (κ1) is 12.3. The van der Waals surface area contributed by atoms with Gasteiger partial charge in [-0.05, 0) is 0 Å². The van der Waals surface area contributed by atoms with Crippen LogP contribution in [0.5, 0.6) is 0 Å². The fourth-order valence-corrected chi connectivity index (χ4v) is 2.65. The lowest BCUT2D eigenvalue weighted by Gasteiger charge is -2.10. The van der Waals surface area contributed by atoms with E-state index in [9.17, 15) is 15.3 Å². The average molecular weight is 266 g/mol. The fraction of sp³-hybridized carbons (Fsp3) is 0.455. The van der Waals surface area contributed by atoms with Crippen LogP contribution in [0.3, 0.4) is 0 Å². The third-order valence-electron chi connectivity index (χ3n) is 3.70. The maximum atomic E-state index is 10.1. The Labute approximate surface area is 108 Å². The van der Waals surface area contributed by atoms with Gasteiger partial charge in [-0.3, -0.25) is 0 Å². The van der Waals surface area contributed by atoms with Crippen molar-refractivity contribution in [2.45, 2.75) is 24.3 Å². The van der Waals surface area contributed by atoms with Crippen molar-refractivity contribution < 1.29 is 20.6 Å². The van der Waals surface area contributed by atoms with E-state index < -0.39 is 24.3 Å². The highest BCUT2D eigenvalue weighted by atomic mass is 16.3. The van der Waals surface area contributed by atoms with Crippen LogP contribution in [0.1, 0.15) is 11.6 Å². The van der Waals surface area contributed by atoms with Crippen LogP contribution in [0, 0.1) is 0 Å². The van der Waals surface area contributed by atoms with Crippen LogP contribution in [0.15, 0.2) is 12.5 Å². The van der Waals surface area contributed by atoms with Gasteiger partial charge in [-0.25, -0.2) is 9.97 Å². The number of aliphatic hydroxyl groups is 3. The molecular formula is C11H16N5O3+. The van der Waals surface area contributed by atoms with E-state index in [1.807, 2.05) is 0 Å². The normalized spacial score (nSPS) is 31.1. The summed E-state index contributed by atoms with van der Waals surface area (Å²) < 4.78 is 0. The highest BCUT2D eigenvalue weighted by molar-refractivity contribution is 5.87. The molecule has 1 saturated heterocycles. The Morgan fingerprint density at radius 3 is 2.79 bits per heavy atom. The first-order chi connectivity index (χ1) is 9.13. The molecule has 0 aromatic carbocycles. The molecule has 4 atom stereocenters. The van der Waals surface area contributed by atoms with Gasteiger partial charge in [0.2, 0.25) is 0 Å². The first-order valence-corrected chi connectivity index (χ1v) is 6.03. The molecule has 19 heavy (non-hydrogen) atoms. The van der Waals surface area contributed by atoms with Gasteiger partial charge < -0.3 is 31.4 Å². The molecule has 0 radical (unpaired) electrons. The fourth-order valence-electron chi connectivity index (χ4n) is 2.65. The van der Waals surface area contributed by atoms with Crippen LogP contribution in [-0.4, -0.2) is 55.1 Å². The van der Waals surface area contributed by atoms with E-state index in [0.717, 1.165) is 5.56 Å². The number of aromatic amines is 1. The Bertz CT molecular complexity index is 601. The van der Waals surface area contributed by atoms with Crippen LogP contribution < -0.4 is 11.1 Å². The third kappa shape index (κ3) is 1.77. The van der Waals surface area contributed by atoms with Crippen LogP contribution in [0.2, 0.25) is 0 Å². The third-order valence-corrected chi connectivity index (χ3v) is 3.70. The van der Waals surface area contributed by atoms with Gasteiger partial charge in [0, 0.05) is 6.20 Å². The number of nitrogens with zero attached hydrogens (tertiary/aromatic N) is 2. The maximum Gasteiger partial charge on any atom is 0.151 e. The molecule has 1 aliphatic heterocycles. The smallest absolute Gasteiger partial charge is 0.151 e. The molecule has 0 spiro atoms. The zero-order valence-corrected chi connectivity index (χ0v) is 10.1. The van der Waals surface area contributed by atoms with Gasteiger partial charge in [0.05, 0.1) is 12.2 Å². The molecule has 8 nitrogen and oxygen atoms in total. The van der Waals surface area contributed by atoms with Crippen LogP contribution in [0.25, 0.3) is 11.0 Å². The predicted molar refractivity (Wildman–Crippen MR) is 65.9 cm³/mol. The number of H-pyrrole nitrogens is 1. The van der Waals surface area contributed by atoms with Crippen LogP contribution >= 0.6 is 0 Å². The summed E-state index contributed by atoms with van der Waals surface area (Å²) in [6.07, 6.45) is 1.12. The SMILES string of the molecule is Nc1ncnc2c([C@@H]3[NH2+][C@H](CO)[C@@H](O)[C@H]3O)c[nH]c12. The Balaban J connectivity index is 2.04. The van der Waals surface area contributed by atoms with E-state index in [1.54, 1.807) is 11.5 Å². The topological polar surface area (TPSA) is 145 Å². The van der Waals surface area contributed by atoms with Gasteiger partial charge in [0.25, 0.3) is 0 Å². The summed E-state index contributed by atoms with van der Waals surface area (Å²) in [5.41, 5.74) is 7.72. The minimum Gasteiger partial charge on any atom is -0.390 e. The molecule has 102 valence electrons. The first-order valence-electron chi connectivity index (χ1n) is 6.03. The summed E-state index contributed by atoms with van der Waals surface area (Å²) in [6, 6.07) is -0.834. The average Bonchev–Trinajstić information content (AvgIpc) is 2.94. The van der Waals surface area contributed by atoms with E-state index in [2.05, 4.69) is 15.0 Å². The summed E-state index contributed by atoms with van der Waals surface area (Å²) in [7, 11) is 0. The molecule has 0 unspecified atom stereocenters. The molecule has 0 saturated carbocycles. The van der Waals surface area contributed by atoms with Gasteiger partial charge in [0.15, 0.2) is 5.82 Å². The zero-order chi connectivity index (χ0) is 13.6. The number of aromatic nitrogens is 3. The van der Waals surface area contributed by atoms with Crippen molar-refractivity contribution in [3.63, 3.8) is 0 Å². The molecule has 0 bridgehead atoms. The molecule has 0 amide bonds. The number of anilines is 1. The molecular weight excluding hydrogens is 250 g/mol. The standard InChI is InChI=1S/C11H15N5O3/c12-11-8-6(14-3-15-11)4(1-13-8)7-10(19)9(18)5(2-17)16-7/h1,3,5,7,9-10,13,16-19H,2H2,(H2,12,14,15)/p+1/t5-,7+,9-,10+/m1/s1. The van der Waals surface area contributed by atoms with E-state index in [1.165, 1.54) is 6.33 Å². The molecule has 2 aromatic heterocycles. The molecule has 3 rings (SSSR count). The number of hydrogen-bond donors (Lipinski definition) is 6. The van der Waals surface area contributed by atoms with Crippen molar-refractivity contribution in [3.8, 4) is 0 Å². The number of hydrogen-bond acceptors (Lipinski definition) is 6. The van der Waals surface area contributed by atoms with Gasteiger partial charge in [-0.15, -0.1) is 0 Å². The van der Waals surface area contributed by atoms with E-state index >= 15 is 0 Å². The predicted octanol–water partition coefficient (Wildman–Crippen LogP) is -2.76. The minimum absolute atomic E-state index is 0.200. The van der Waals surface area contributed by atoms with Crippen molar-refractivity contribution in [1.29, 1.82) is 0 Å². The summed E-state index contributed by atoms with van der Waals surface area (Å²) in [5.74, 6) is 0.336. The minimum atomic E-state index is -0.973. The van der Waals surface area contributed by atoms with Gasteiger partial charge >= 0.3 is 0 Å². The quantitative estimate of drug-likeness (QED) is 0.347. The van der Waals surface area contributed by atoms with Crippen molar-refractivity contribution >= 4 is 16.9 Å². The van der Waals surface area contributed by atoms with E-state index in [0.29, 0.717) is 16.9 Å². The van der Waals surface area contributed by atoms with Crippen LogP contribution in [-0.2, 0) is 0 Å². The van der Waals surface area contributed by atoms with Crippen molar-refractivity contribution in [1.82, 2.24) is 15.0 Å². The van der Waals surface area contributed by atoms with Gasteiger partial charge in [-0.2, -0.15) is 0 Å². The second kappa shape index (κ2) is 4.42. The molecule has 3 heterocycles. The van der Waals surface area contributed by atoms with Crippen molar-refractivity contribution in [2.75, 3.05) is 12.3 Å². The van der Waals surface area contributed by atoms with Crippen molar-refractivity contribution in [2.24, 2.45) is 0 Å². The van der Waals surface area contributed by atoms with Crippen molar-refractivity contribution in [3.05, 3.63) is 18.1 Å².